The van der Waals surface area contributed by atoms with E-state index in [0.29, 0.717) is 19.3 Å². The van der Waals surface area contributed by atoms with E-state index in [4.69, 9.17) is 0 Å². The highest BCUT2D eigenvalue weighted by atomic mass is 16.2. The Balaban J connectivity index is 1.34. The van der Waals surface area contributed by atoms with Crippen LogP contribution in [0.1, 0.15) is 67.1 Å². The predicted octanol–water partition coefficient (Wildman–Crippen LogP) is 3.04. The highest BCUT2D eigenvalue weighted by molar-refractivity contribution is 5.96. The van der Waals surface area contributed by atoms with Crippen LogP contribution < -0.4 is 16.0 Å². The summed E-state index contributed by atoms with van der Waals surface area (Å²) in [6, 6.07) is 14.3. The minimum absolute atomic E-state index is 0.0517. The summed E-state index contributed by atoms with van der Waals surface area (Å²) in [6.45, 7) is 1.77. The molecule has 3 aliphatic rings. The molecule has 3 heterocycles. The number of nitrogens with one attached hydrogen (secondary N) is 4. The van der Waals surface area contributed by atoms with Gasteiger partial charge in [-0.3, -0.25) is 14.4 Å². The molecule has 0 radical (unpaired) electrons. The van der Waals surface area contributed by atoms with Crippen LogP contribution in [0.2, 0.25) is 0 Å². The fourth-order valence-corrected chi connectivity index (χ4v) is 6.57. The van der Waals surface area contributed by atoms with Crippen molar-refractivity contribution in [3.8, 4) is 0 Å². The lowest BCUT2D eigenvalue weighted by atomic mass is 9.87. The second-order valence-corrected chi connectivity index (χ2v) is 10.8. The van der Waals surface area contributed by atoms with E-state index in [2.05, 4.69) is 39.1 Å². The van der Waals surface area contributed by atoms with Crippen LogP contribution >= 0.6 is 0 Å². The molecule has 0 spiro atoms. The van der Waals surface area contributed by atoms with Crippen LogP contribution in [0.15, 0.2) is 48.5 Å². The van der Waals surface area contributed by atoms with E-state index in [1.54, 1.807) is 18.9 Å². The maximum absolute atomic E-state index is 14.1. The molecule has 38 heavy (non-hydrogen) atoms. The lowest BCUT2D eigenvalue weighted by Gasteiger charge is -2.33. The van der Waals surface area contributed by atoms with Gasteiger partial charge in [0.15, 0.2) is 0 Å². The van der Waals surface area contributed by atoms with Crippen LogP contribution in [-0.4, -0.2) is 52.8 Å². The number of aryl methyl sites for hydroxylation is 1. The van der Waals surface area contributed by atoms with Crippen LogP contribution in [0.5, 0.6) is 0 Å². The summed E-state index contributed by atoms with van der Waals surface area (Å²) in [5, 5.41) is 10.3. The van der Waals surface area contributed by atoms with Gasteiger partial charge in [0.25, 0.3) is 0 Å². The molecule has 8 nitrogen and oxygen atoms in total. The van der Waals surface area contributed by atoms with Gasteiger partial charge in [0.1, 0.15) is 12.1 Å². The van der Waals surface area contributed by atoms with Crippen molar-refractivity contribution in [1.29, 1.82) is 0 Å². The zero-order chi connectivity index (χ0) is 26.4. The number of para-hydroxylation sites is 1. The molecule has 6 rings (SSSR count). The molecule has 2 unspecified atom stereocenters. The van der Waals surface area contributed by atoms with Crippen LogP contribution in [0.4, 0.5) is 0 Å². The molecular formula is C30H35N5O3. The molecule has 1 aliphatic carbocycles. The van der Waals surface area contributed by atoms with E-state index in [1.165, 1.54) is 11.1 Å². The van der Waals surface area contributed by atoms with Crippen molar-refractivity contribution in [3.05, 3.63) is 70.9 Å². The van der Waals surface area contributed by atoms with Crippen molar-refractivity contribution in [3.63, 3.8) is 0 Å². The van der Waals surface area contributed by atoms with E-state index in [-0.39, 0.29) is 29.8 Å². The topological polar surface area (TPSA) is 106 Å². The molecule has 8 heteroatoms. The van der Waals surface area contributed by atoms with Gasteiger partial charge in [0.2, 0.25) is 17.7 Å². The average Bonchev–Trinajstić information content (AvgIpc) is 3.51. The number of benzene rings is 2. The Kier molecular flexibility index (Phi) is 6.43. The number of likely N-dealkylation sites (N-methyl/N-ethyl adjacent to an activating group) is 1. The minimum atomic E-state index is -0.745. The summed E-state index contributed by atoms with van der Waals surface area (Å²) in [7, 11) is 1.72. The molecule has 1 saturated heterocycles. The molecule has 3 amide bonds. The van der Waals surface area contributed by atoms with Gasteiger partial charge in [-0.15, -0.1) is 0 Å². The smallest absolute Gasteiger partial charge is 0.246 e. The first-order valence-corrected chi connectivity index (χ1v) is 13.7. The quantitative estimate of drug-likeness (QED) is 0.421. The van der Waals surface area contributed by atoms with Crippen LogP contribution in [0.25, 0.3) is 10.9 Å². The molecule has 3 aromatic rings. The molecule has 0 saturated carbocycles. The number of aromatic nitrogens is 1. The van der Waals surface area contributed by atoms with Gasteiger partial charge in [-0.1, -0.05) is 42.5 Å². The standard InChI is InChI=1S/C30H35N5O3/c1-17(31-2)28(36)34-24-16-21-20-11-5-6-12-23(20)32-27(21)25-14-15-26(35(25)30(24)38)29(37)33-22-13-7-9-18-8-3-4-10-19(18)22/h3-6,8,10-12,17,22,24-26,31-32H,7,9,13-16H2,1-2H3,(H,33,37)(H,34,36)/t17-,22+,24-,25?,26?/m0/s1. The molecular weight excluding hydrogens is 478 g/mol. The first kappa shape index (κ1) is 24.7. The van der Waals surface area contributed by atoms with Gasteiger partial charge in [0, 0.05) is 23.0 Å². The maximum Gasteiger partial charge on any atom is 0.246 e. The third kappa shape index (κ3) is 4.17. The molecule has 198 valence electrons. The third-order valence-electron chi connectivity index (χ3n) is 8.66. The highest BCUT2D eigenvalue weighted by Gasteiger charge is 2.48. The summed E-state index contributed by atoms with van der Waals surface area (Å²) in [6.07, 6.45) is 4.59. The summed E-state index contributed by atoms with van der Waals surface area (Å²) >= 11 is 0. The fraction of sp³-hybridized carbons (Fsp3) is 0.433. The van der Waals surface area contributed by atoms with E-state index < -0.39 is 18.1 Å². The minimum Gasteiger partial charge on any atom is -0.356 e. The molecule has 0 bridgehead atoms. The molecule has 4 N–H and O–H groups in total. The maximum atomic E-state index is 14.1. The number of amides is 3. The summed E-state index contributed by atoms with van der Waals surface area (Å²) in [4.78, 5) is 46.0. The predicted molar refractivity (Wildman–Crippen MR) is 145 cm³/mol. The first-order valence-electron chi connectivity index (χ1n) is 13.7. The number of fused-ring (bicyclic) bond motifs is 6. The molecule has 2 aromatic carbocycles. The lowest BCUT2D eigenvalue weighted by molar-refractivity contribution is -0.143. The van der Waals surface area contributed by atoms with E-state index in [9.17, 15) is 14.4 Å². The van der Waals surface area contributed by atoms with Gasteiger partial charge in [-0.05, 0) is 68.8 Å². The number of carbonyl (C=O) groups is 3. The van der Waals surface area contributed by atoms with Crippen LogP contribution in [0.3, 0.4) is 0 Å². The fourth-order valence-electron chi connectivity index (χ4n) is 6.57. The summed E-state index contributed by atoms with van der Waals surface area (Å²) < 4.78 is 0. The highest BCUT2D eigenvalue weighted by Crippen LogP contribution is 2.43. The first-order chi connectivity index (χ1) is 18.5. The van der Waals surface area contributed by atoms with Gasteiger partial charge >= 0.3 is 0 Å². The Labute approximate surface area is 222 Å². The normalized spacial score (nSPS) is 25.2. The second kappa shape index (κ2) is 9.91. The van der Waals surface area contributed by atoms with Crippen molar-refractivity contribution in [2.24, 2.45) is 0 Å². The van der Waals surface area contributed by atoms with Crippen molar-refractivity contribution < 1.29 is 14.4 Å². The van der Waals surface area contributed by atoms with Crippen molar-refractivity contribution >= 4 is 28.6 Å². The molecule has 5 atom stereocenters. The van der Waals surface area contributed by atoms with E-state index in [0.717, 1.165) is 41.4 Å². The largest absolute Gasteiger partial charge is 0.356 e. The molecule has 2 aliphatic heterocycles. The van der Waals surface area contributed by atoms with Gasteiger partial charge in [-0.25, -0.2) is 0 Å². The Bertz CT molecular complexity index is 1400. The number of H-pyrrole nitrogens is 1. The Hall–Kier alpha value is -3.65. The monoisotopic (exact) mass is 513 g/mol. The lowest BCUT2D eigenvalue weighted by Crippen LogP contribution is -2.56. The average molecular weight is 514 g/mol. The van der Waals surface area contributed by atoms with Gasteiger partial charge in [0.05, 0.1) is 18.1 Å². The van der Waals surface area contributed by atoms with Crippen LogP contribution in [-0.2, 0) is 27.2 Å². The summed E-state index contributed by atoms with van der Waals surface area (Å²) in [5.74, 6) is -0.539. The van der Waals surface area contributed by atoms with Gasteiger partial charge in [-0.2, -0.15) is 0 Å². The Morgan fingerprint density at radius 2 is 1.79 bits per heavy atom. The molecule has 1 aromatic heterocycles. The summed E-state index contributed by atoms with van der Waals surface area (Å²) in [5.41, 5.74) is 5.49. The number of rotatable bonds is 5. The number of hydrogen-bond acceptors (Lipinski definition) is 4. The van der Waals surface area contributed by atoms with E-state index in [1.807, 2.05) is 30.3 Å². The Morgan fingerprint density at radius 3 is 2.63 bits per heavy atom. The molecule has 1 fully saturated rings. The number of carbonyl (C=O) groups excluding carboxylic acids is 3. The van der Waals surface area contributed by atoms with Crippen molar-refractivity contribution in [1.82, 2.24) is 25.8 Å². The Morgan fingerprint density at radius 1 is 1.00 bits per heavy atom. The van der Waals surface area contributed by atoms with Crippen LogP contribution in [0, 0.1) is 0 Å². The number of aromatic amines is 1. The number of nitrogens with zero attached hydrogens (tertiary/aromatic N) is 1. The zero-order valence-corrected chi connectivity index (χ0v) is 21.9. The zero-order valence-electron chi connectivity index (χ0n) is 21.9. The second-order valence-electron chi connectivity index (χ2n) is 10.8. The SMILES string of the molecule is CN[C@@H](C)C(=O)N[C@H]1Cc2c([nH]c3ccccc23)C2CCC(C(=O)N[C@@H]3CCCc4ccccc43)N2C1=O. The van der Waals surface area contributed by atoms with Gasteiger partial charge < -0.3 is 25.8 Å². The van der Waals surface area contributed by atoms with Crippen molar-refractivity contribution in [2.75, 3.05) is 7.05 Å². The van der Waals surface area contributed by atoms with E-state index >= 15 is 0 Å². The third-order valence-corrected chi connectivity index (χ3v) is 8.66. The number of hydrogen-bond donors (Lipinski definition) is 4. The van der Waals surface area contributed by atoms with Crippen molar-refractivity contribution in [2.45, 2.75) is 75.7 Å².